The number of aromatic nitrogens is 2. The average molecular weight is 402 g/mol. The Balaban J connectivity index is 1.76. The summed E-state index contributed by atoms with van der Waals surface area (Å²) in [7, 11) is 0. The first kappa shape index (κ1) is 18.4. The van der Waals surface area contributed by atoms with Crippen LogP contribution in [0.4, 0.5) is 0 Å². The van der Waals surface area contributed by atoms with Gasteiger partial charge in [0.05, 0.1) is 16.8 Å². The Morgan fingerprint density at radius 1 is 1.33 bits per heavy atom. The Labute approximate surface area is 166 Å². The number of aryl methyl sites for hydroxylation is 2. The van der Waals surface area contributed by atoms with Crippen LogP contribution in [0.2, 0.25) is 0 Å². The van der Waals surface area contributed by atoms with Crippen LogP contribution in [0, 0.1) is 6.92 Å². The van der Waals surface area contributed by atoms with Crippen molar-refractivity contribution in [3.8, 4) is 0 Å². The van der Waals surface area contributed by atoms with Gasteiger partial charge < -0.3 is 4.90 Å². The minimum atomic E-state index is -0.00834. The summed E-state index contributed by atoms with van der Waals surface area (Å²) in [5.74, 6) is 0.863. The molecule has 0 unspecified atom stereocenters. The zero-order valence-electron chi connectivity index (χ0n) is 15.7. The fourth-order valence-corrected chi connectivity index (χ4v) is 5.55. The summed E-state index contributed by atoms with van der Waals surface area (Å²) < 4.78 is 1.83. The van der Waals surface area contributed by atoms with Crippen LogP contribution in [0.3, 0.4) is 0 Å². The van der Waals surface area contributed by atoms with E-state index in [1.165, 1.54) is 11.3 Å². The molecule has 0 aliphatic carbocycles. The van der Waals surface area contributed by atoms with E-state index in [0.29, 0.717) is 28.2 Å². The first-order chi connectivity index (χ1) is 13.1. The molecule has 5 nitrogen and oxygen atoms in total. The van der Waals surface area contributed by atoms with Crippen molar-refractivity contribution in [2.24, 2.45) is 0 Å². The number of amides is 1. The maximum atomic E-state index is 13.2. The molecule has 3 aromatic heterocycles. The quantitative estimate of drug-likeness (QED) is 0.658. The van der Waals surface area contributed by atoms with Crippen molar-refractivity contribution in [2.45, 2.75) is 52.6 Å². The number of rotatable bonds is 4. The van der Waals surface area contributed by atoms with Crippen LogP contribution >= 0.6 is 22.7 Å². The third-order valence-corrected chi connectivity index (χ3v) is 7.24. The highest BCUT2D eigenvalue weighted by molar-refractivity contribution is 7.20. The monoisotopic (exact) mass is 401 g/mol. The fraction of sp³-hybridized carbons (Fsp3) is 0.450. The highest BCUT2D eigenvalue weighted by atomic mass is 32.1. The lowest BCUT2D eigenvalue weighted by molar-refractivity contribution is 0.0758. The topological polar surface area (TPSA) is 55.2 Å². The summed E-state index contributed by atoms with van der Waals surface area (Å²) in [5.41, 5.74) is 0.799. The van der Waals surface area contributed by atoms with Gasteiger partial charge in [-0.05, 0) is 43.7 Å². The number of carbonyl (C=O) groups excluding carboxylic acids is 1. The van der Waals surface area contributed by atoms with Gasteiger partial charge >= 0.3 is 0 Å². The molecule has 4 rings (SSSR count). The Kier molecular flexibility index (Phi) is 5.14. The molecule has 1 amide bonds. The van der Waals surface area contributed by atoms with Crippen LogP contribution in [0.5, 0.6) is 0 Å². The van der Waals surface area contributed by atoms with Gasteiger partial charge in [0.15, 0.2) is 0 Å². The molecule has 27 heavy (non-hydrogen) atoms. The second kappa shape index (κ2) is 7.56. The Morgan fingerprint density at radius 2 is 2.19 bits per heavy atom. The van der Waals surface area contributed by atoms with E-state index in [-0.39, 0.29) is 11.5 Å². The van der Waals surface area contributed by atoms with Gasteiger partial charge in [-0.15, -0.1) is 22.7 Å². The number of fused-ring (bicyclic) bond motifs is 2. The second-order valence-electron chi connectivity index (χ2n) is 6.93. The Morgan fingerprint density at radius 3 is 2.93 bits per heavy atom. The zero-order valence-corrected chi connectivity index (χ0v) is 17.3. The largest absolute Gasteiger partial charge is 0.333 e. The van der Waals surface area contributed by atoms with E-state index < -0.39 is 0 Å². The molecule has 0 N–H and O–H groups in total. The first-order valence-corrected chi connectivity index (χ1v) is 11.1. The van der Waals surface area contributed by atoms with Gasteiger partial charge in [-0.25, -0.2) is 4.98 Å². The molecule has 3 aromatic rings. The van der Waals surface area contributed by atoms with Crippen LogP contribution in [0.1, 0.15) is 52.1 Å². The molecule has 0 spiro atoms. The third-order valence-electron chi connectivity index (χ3n) is 5.20. The number of nitrogens with zero attached hydrogens (tertiary/aromatic N) is 3. The summed E-state index contributed by atoms with van der Waals surface area (Å²) in [5, 5.41) is 2.65. The minimum Gasteiger partial charge on any atom is -0.333 e. The molecule has 0 saturated heterocycles. The maximum Gasteiger partial charge on any atom is 0.264 e. The van der Waals surface area contributed by atoms with Gasteiger partial charge in [0.2, 0.25) is 0 Å². The molecule has 0 fully saturated rings. The fourth-order valence-electron chi connectivity index (χ4n) is 3.68. The van der Waals surface area contributed by atoms with Gasteiger partial charge in [0, 0.05) is 24.4 Å². The first-order valence-electron chi connectivity index (χ1n) is 9.44. The van der Waals surface area contributed by atoms with Gasteiger partial charge in [-0.3, -0.25) is 14.2 Å². The molecule has 0 saturated carbocycles. The molecule has 1 aliphatic heterocycles. The standard InChI is InChI=1S/C20H23N3O2S2/c1-3-22(12-14-8-7-11-26-14)20(25)17-13(2)16-18(27-17)21-15-9-5-4-6-10-23(15)19(16)24/h7-8,11H,3-6,9-10,12H2,1-2H3. The van der Waals surface area contributed by atoms with Crippen molar-refractivity contribution in [1.29, 1.82) is 0 Å². The normalized spacial score (nSPS) is 14.1. The lowest BCUT2D eigenvalue weighted by Crippen LogP contribution is -2.30. The number of hydrogen-bond donors (Lipinski definition) is 0. The number of thiophene rings is 2. The summed E-state index contributed by atoms with van der Waals surface area (Å²) in [6.07, 6.45) is 4.05. The molecule has 0 bridgehead atoms. The van der Waals surface area contributed by atoms with E-state index in [0.717, 1.165) is 48.5 Å². The molecular formula is C20H23N3O2S2. The zero-order chi connectivity index (χ0) is 19.0. The molecule has 1 aliphatic rings. The third kappa shape index (κ3) is 3.34. The van der Waals surface area contributed by atoms with Crippen LogP contribution in [-0.2, 0) is 19.5 Å². The van der Waals surface area contributed by atoms with E-state index in [1.54, 1.807) is 11.3 Å². The molecule has 0 aromatic carbocycles. The SMILES string of the molecule is CCN(Cc1cccs1)C(=O)c1sc2nc3n(c(=O)c2c1C)CCCCC3. The summed E-state index contributed by atoms with van der Waals surface area (Å²) in [6.45, 7) is 5.84. The van der Waals surface area contributed by atoms with Crippen LogP contribution in [0.15, 0.2) is 22.3 Å². The lowest BCUT2D eigenvalue weighted by Gasteiger charge is -2.19. The summed E-state index contributed by atoms with van der Waals surface area (Å²) >= 11 is 3.02. The number of hydrogen-bond acceptors (Lipinski definition) is 5. The predicted molar refractivity (Wildman–Crippen MR) is 111 cm³/mol. The van der Waals surface area contributed by atoms with E-state index in [1.807, 2.05) is 40.8 Å². The smallest absolute Gasteiger partial charge is 0.264 e. The van der Waals surface area contributed by atoms with E-state index in [4.69, 9.17) is 4.98 Å². The highest BCUT2D eigenvalue weighted by Crippen LogP contribution is 2.30. The van der Waals surface area contributed by atoms with Gasteiger partial charge in [-0.1, -0.05) is 12.5 Å². The van der Waals surface area contributed by atoms with E-state index in [2.05, 4.69) is 0 Å². The van der Waals surface area contributed by atoms with Crippen LogP contribution in [-0.4, -0.2) is 26.9 Å². The van der Waals surface area contributed by atoms with Crippen molar-refractivity contribution >= 4 is 38.8 Å². The van der Waals surface area contributed by atoms with Crippen LogP contribution < -0.4 is 5.56 Å². The molecular weight excluding hydrogens is 378 g/mol. The molecule has 4 heterocycles. The number of carbonyl (C=O) groups is 1. The van der Waals surface area contributed by atoms with E-state index >= 15 is 0 Å². The Bertz CT molecular complexity index is 1030. The predicted octanol–water partition coefficient (Wildman–Crippen LogP) is 4.22. The summed E-state index contributed by atoms with van der Waals surface area (Å²) in [6, 6.07) is 4.05. The summed E-state index contributed by atoms with van der Waals surface area (Å²) in [4.78, 5) is 35.4. The van der Waals surface area contributed by atoms with Crippen molar-refractivity contribution in [3.05, 3.63) is 49.0 Å². The molecule has 0 radical (unpaired) electrons. The lowest BCUT2D eigenvalue weighted by atomic mass is 10.2. The second-order valence-corrected chi connectivity index (χ2v) is 8.96. The highest BCUT2D eigenvalue weighted by Gasteiger charge is 2.25. The van der Waals surface area contributed by atoms with Crippen molar-refractivity contribution < 1.29 is 4.79 Å². The van der Waals surface area contributed by atoms with Gasteiger partial charge in [0.1, 0.15) is 10.7 Å². The maximum absolute atomic E-state index is 13.2. The average Bonchev–Trinajstić information content (AvgIpc) is 3.21. The van der Waals surface area contributed by atoms with Crippen molar-refractivity contribution in [1.82, 2.24) is 14.5 Å². The molecule has 142 valence electrons. The van der Waals surface area contributed by atoms with E-state index in [9.17, 15) is 9.59 Å². The van der Waals surface area contributed by atoms with Crippen molar-refractivity contribution in [3.63, 3.8) is 0 Å². The van der Waals surface area contributed by atoms with Gasteiger partial charge in [0.25, 0.3) is 11.5 Å². The van der Waals surface area contributed by atoms with Gasteiger partial charge in [-0.2, -0.15) is 0 Å². The van der Waals surface area contributed by atoms with Crippen LogP contribution in [0.25, 0.3) is 10.2 Å². The Hall–Kier alpha value is -1.99. The molecule has 7 heteroatoms. The van der Waals surface area contributed by atoms with Crippen molar-refractivity contribution in [2.75, 3.05) is 6.54 Å². The minimum absolute atomic E-state index is 0.00834. The molecule has 0 atom stereocenters.